The van der Waals surface area contributed by atoms with Crippen LogP contribution in [-0.2, 0) is 9.53 Å². The van der Waals surface area contributed by atoms with Gasteiger partial charge in [0.25, 0.3) is 5.97 Å². The van der Waals surface area contributed by atoms with Crippen molar-refractivity contribution < 1.29 is 33.3 Å². The van der Waals surface area contributed by atoms with Crippen LogP contribution in [0.15, 0.2) is 72.0 Å². The van der Waals surface area contributed by atoms with Crippen molar-refractivity contribution in [3.05, 3.63) is 106 Å². The summed E-state index contributed by atoms with van der Waals surface area (Å²) in [6.45, 7) is 4.80. The van der Waals surface area contributed by atoms with E-state index in [1.54, 1.807) is 42.5 Å². The number of esters is 1. The van der Waals surface area contributed by atoms with Gasteiger partial charge in [-0.1, -0.05) is 30.8 Å². The summed E-state index contributed by atoms with van der Waals surface area (Å²) >= 11 is 0. The van der Waals surface area contributed by atoms with Gasteiger partial charge in [-0.3, -0.25) is 9.78 Å². The molecule has 0 saturated heterocycles. The summed E-state index contributed by atoms with van der Waals surface area (Å²) in [7, 11) is 4.07. The highest BCUT2D eigenvalue weighted by atomic mass is 19.1. The van der Waals surface area contributed by atoms with E-state index in [4.69, 9.17) is 29.8 Å². The summed E-state index contributed by atoms with van der Waals surface area (Å²) in [6, 6.07) is 15.0. The third-order valence-electron chi connectivity index (χ3n) is 5.83. The highest BCUT2D eigenvalue weighted by Gasteiger charge is 2.26. The average Bonchev–Trinajstić information content (AvgIpc) is 3.36. The third-order valence-corrected chi connectivity index (χ3v) is 5.83. The molecular weight excluding hydrogens is 549 g/mol. The summed E-state index contributed by atoms with van der Waals surface area (Å²) in [5.74, 6) is -1.54. The van der Waals surface area contributed by atoms with Gasteiger partial charge >= 0.3 is 11.7 Å². The lowest BCUT2D eigenvalue weighted by atomic mass is 10.0. The standard InChI is InChI=1S/C27H26FN5O5.C2H4O2/c1-15(29)16-9-11-17(12-10-16)30-24(19-13-22(36-2)23(37-3)14-20(19)28)25-31-27(35)33(32-25)21-8-6-5-7-18(21)26(34)38-4;1-2(3)4/h5-14,24,30H,1,29H2,2-4H3,(H,31,32,35);1H3,(H,3,4). The van der Waals surface area contributed by atoms with E-state index in [0.29, 0.717) is 11.4 Å². The second-order valence-corrected chi connectivity index (χ2v) is 8.66. The van der Waals surface area contributed by atoms with Crippen molar-refractivity contribution in [1.29, 1.82) is 0 Å². The number of methoxy groups -OCH3 is 3. The van der Waals surface area contributed by atoms with E-state index in [2.05, 4.69) is 22.0 Å². The zero-order chi connectivity index (χ0) is 31.0. The van der Waals surface area contributed by atoms with Gasteiger partial charge in [-0.25, -0.2) is 14.0 Å². The Morgan fingerprint density at radius 3 is 2.24 bits per heavy atom. The minimum Gasteiger partial charge on any atom is -0.493 e. The van der Waals surface area contributed by atoms with Crippen LogP contribution in [0.25, 0.3) is 11.4 Å². The van der Waals surface area contributed by atoms with Gasteiger partial charge < -0.3 is 30.4 Å². The molecule has 1 aromatic heterocycles. The van der Waals surface area contributed by atoms with E-state index >= 15 is 4.39 Å². The number of benzene rings is 3. The molecule has 0 aliphatic rings. The zero-order valence-corrected chi connectivity index (χ0v) is 23.3. The first-order valence-electron chi connectivity index (χ1n) is 12.3. The van der Waals surface area contributed by atoms with Gasteiger partial charge in [-0.15, -0.1) is 5.10 Å². The monoisotopic (exact) mass is 579 g/mol. The van der Waals surface area contributed by atoms with E-state index in [1.807, 2.05) is 0 Å². The van der Waals surface area contributed by atoms with Crippen molar-refractivity contribution >= 4 is 23.3 Å². The van der Waals surface area contributed by atoms with Gasteiger partial charge in [0, 0.05) is 29.9 Å². The molecular formula is C29H30FN5O7. The van der Waals surface area contributed by atoms with Crippen LogP contribution in [0.1, 0.15) is 40.3 Å². The molecule has 0 bridgehead atoms. The minimum absolute atomic E-state index is 0.0769. The molecule has 0 fully saturated rings. The SMILES string of the molecule is C=C(N)c1ccc(NC(c2nn(-c3ccccc3C(=O)OC)c(=O)[nH]2)c2cc(OC)c(OC)cc2F)cc1.CC(=O)O. The number of H-pyrrole nitrogens is 1. The predicted molar refractivity (Wildman–Crippen MR) is 153 cm³/mol. The Morgan fingerprint density at radius 1 is 1.07 bits per heavy atom. The van der Waals surface area contributed by atoms with Crippen LogP contribution >= 0.6 is 0 Å². The van der Waals surface area contributed by atoms with Gasteiger partial charge in [0.15, 0.2) is 17.3 Å². The van der Waals surface area contributed by atoms with E-state index in [-0.39, 0.29) is 34.1 Å². The normalized spacial score (nSPS) is 11.0. The molecule has 3 aromatic carbocycles. The number of anilines is 1. The van der Waals surface area contributed by atoms with Crippen LogP contribution < -0.4 is 26.2 Å². The highest BCUT2D eigenvalue weighted by Crippen LogP contribution is 2.35. The molecule has 0 aliphatic heterocycles. The minimum atomic E-state index is -0.985. The number of aromatic nitrogens is 3. The first-order valence-corrected chi connectivity index (χ1v) is 12.3. The number of carbonyl (C=O) groups excluding carboxylic acids is 1. The van der Waals surface area contributed by atoms with Crippen molar-refractivity contribution in [2.45, 2.75) is 13.0 Å². The van der Waals surface area contributed by atoms with Gasteiger partial charge in [0.05, 0.1) is 32.6 Å². The molecule has 1 atom stereocenters. The molecule has 13 heteroatoms. The number of aromatic amines is 1. The van der Waals surface area contributed by atoms with Crippen molar-refractivity contribution in [3.63, 3.8) is 0 Å². The fourth-order valence-electron chi connectivity index (χ4n) is 3.91. The number of nitrogens with zero attached hydrogens (tertiary/aromatic N) is 2. The summed E-state index contributed by atoms with van der Waals surface area (Å²) in [5.41, 5.74) is 7.28. The Morgan fingerprint density at radius 2 is 1.67 bits per heavy atom. The maximum atomic E-state index is 15.4. The maximum absolute atomic E-state index is 15.4. The summed E-state index contributed by atoms with van der Waals surface area (Å²) in [5, 5.41) is 15.0. The van der Waals surface area contributed by atoms with Gasteiger partial charge in [-0.05, 0) is 35.9 Å². The molecule has 12 nitrogen and oxygen atoms in total. The molecule has 0 aliphatic carbocycles. The molecule has 0 saturated carbocycles. The molecule has 0 radical (unpaired) electrons. The number of halogens is 1. The van der Waals surface area contributed by atoms with Crippen molar-refractivity contribution in [1.82, 2.24) is 14.8 Å². The molecule has 4 aromatic rings. The van der Waals surface area contributed by atoms with Crippen LogP contribution in [0, 0.1) is 5.82 Å². The number of nitrogens with two attached hydrogens (primary N) is 1. The van der Waals surface area contributed by atoms with Crippen LogP contribution in [-0.4, -0.2) is 53.1 Å². The van der Waals surface area contributed by atoms with E-state index in [0.717, 1.165) is 17.2 Å². The number of aliphatic carboxylic acids is 1. The molecule has 1 unspecified atom stereocenters. The van der Waals surface area contributed by atoms with E-state index < -0.39 is 29.5 Å². The largest absolute Gasteiger partial charge is 0.493 e. The van der Waals surface area contributed by atoms with Gasteiger partial charge in [-0.2, -0.15) is 4.68 Å². The Bertz CT molecular complexity index is 1640. The number of para-hydroxylation sites is 1. The number of nitrogens with one attached hydrogen (secondary N) is 2. The fourth-order valence-corrected chi connectivity index (χ4v) is 3.91. The molecule has 0 amide bonds. The number of carboxylic acid groups (broad SMARTS) is 1. The second kappa shape index (κ2) is 13.7. The molecule has 5 N–H and O–H groups in total. The van der Waals surface area contributed by atoms with Crippen LogP contribution in [0.4, 0.5) is 10.1 Å². The van der Waals surface area contributed by atoms with E-state index in [1.165, 1.54) is 39.5 Å². The number of carbonyl (C=O) groups is 2. The van der Waals surface area contributed by atoms with E-state index in [9.17, 15) is 9.59 Å². The summed E-state index contributed by atoms with van der Waals surface area (Å²) < 4.78 is 31.9. The average molecular weight is 580 g/mol. The topological polar surface area (TPSA) is 171 Å². The molecule has 4 rings (SSSR count). The number of hydrogen-bond donors (Lipinski definition) is 4. The Balaban J connectivity index is 0.00000114. The Kier molecular flexibility index (Phi) is 10.1. The van der Waals surface area contributed by atoms with Crippen LogP contribution in [0.5, 0.6) is 11.5 Å². The zero-order valence-electron chi connectivity index (χ0n) is 23.3. The van der Waals surface area contributed by atoms with Gasteiger partial charge in [0.1, 0.15) is 11.9 Å². The lowest BCUT2D eigenvalue weighted by molar-refractivity contribution is -0.134. The number of hydrogen-bond acceptors (Lipinski definition) is 9. The van der Waals surface area contributed by atoms with Gasteiger partial charge in [0.2, 0.25) is 0 Å². The smallest absolute Gasteiger partial charge is 0.348 e. The molecule has 1 heterocycles. The Hall–Kier alpha value is -5.59. The predicted octanol–water partition coefficient (Wildman–Crippen LogP) is 3.73. The Labute approximate surface area is 240 Å². The van der Waals surface area contributed by atoms with Crippen molar-refractivity contribution in [2.75, 3.05) is 26.6 Å². The quantitative estimate of drug-likeness (QED) is 0.214. The summed E-state index contributed by atoms with van der Waals surface area (Å²) in [6.07, 6.45) is 0. The van der Waals surface area contributed by atoms with Crippen LogP contribution in [0.2, 0.25) is 0 Å². The molecule has 220 valence electrons. The maximum Gasteiger partial charge on any atom is 0.348 e. The first-order chi connectivity index (χ1) is 20.0. The third kappa shape index (κ3) is 7.13. The molecule has 0 spiro atoms. The fraction of sp³-hybridized carbons (Fsp3) is 0.172. The lowest BCUT2D eigenvalue weighted by Gasteiger charge is -2.20. The van der Waals surface area contributed by atoms with Crippen molar-refractivity contribution in [2.24, 2.45) is 5.73 Å². The highest BCUT2D eigenvalue weighted by molar-refractivity contribution is 5.93. The second-order valence-electron chi connectivity index (χ2n) is 8.66. The van der Waals surface area contributed by atoms with Crippen LogP contribution in [0.3, 0.4) is 0 Å². The number of carboxylic acids is 1. The lowest BCUT2D eigenvalue weighted by Crippen LogP contribution is -2.19. The summed E-state index contributed by atoms with van der Waals surface area (Å²) in [4.78, 5) is 37.0. The van der Waals surface area contributed by atoms with Crippen molar-refractivity contribution in [3.8, 4) is 17.2 Å². The number of rotatable bonds is 9. The molecule has 42 heavy (non-hydrogen) atoms. The number of ether oxygens (including phenoxy) is 3. The first kappa shape index (κ1) is 30.9.